The molecule has 1 aliphatic rings. The van der Waals surface area contributed by atoms with E-state index < -0.39 is 17.5 Å². The van der Waals surface area contributed by atoms with E-state index in [2.05, 4.69) is 10.3 Å². The minimum Gasteiger partial charge on any atom is -0.394 e. The van der Waals surface area contributed by atoms with Gasteiger partial charge in [0.1, 0.15) is 6.23 Å². The van der Waals surface area contributed by atoms with Gasteiger partial charge in [-0.05, 0) is 14.0 Å². The molecular weight excluding hydrogens is 238 g/mol. The SMILES string of the molecule is CN[C@@H]1C[C@H](n2cc(C)c(=O)[nH]c2=O)O[C@H]1CO. The first-order valence-corrected chi connectivity index (χ1v) is 5.82. The number of aryl methyl sites for hydroxylation is 1. The van der Waals surface area contributed by atoms with Crippen LogP contribution in [0.4, 0.5) is 0 Å². The molecule has 1 fully saturated rings. The predicted octanol–water partition coefficient (Wildman–Crippen LogP) is -1.29. The topological polar surface area (TPSA) is 96.4 Å². The summed E-state index contributed by atoms with van der Waals surface area (Å²) in [4.78, 5) is 25.2. The summed E-state index contributed by atoms with van der Waals surface area (Å²) in [5, 5.41) is 12.2. The minimum absolute atomic E-state index is 0.0147. The Labute approximate surface area is 103 Å². The minimum atomic E-state index is -0.496. The lowest BCUT2D eigenvalue weighted by molar-refractivity contribution is -0.0287. The van der Waals surface area contributed by atoms with Gasteiger partial charge in [-0.25, -0.2) is 4.79 Å². The van der Waals surface area contributed by atoms with Crippen molar-refractivity contribution in [2.24, 2.45) is 0 Å². The van der Waals surface area contributed by atoms with Gasteiger partial charge in [-0.15, -0.1) is 0 Å². The second-order valence-electron chi connectivity index (χ2n) is 4.42. The highest BCUT2D eigenvalue weighted by atomic mass is 16.5. The zero-order valence-corrected chi connectivity index (χ0v) is 10.3. The van der Waals surface area contributed by atoms with Crippen molar-refractivity contribution in [2.45, 2.75) is 31.7 Å². The number of aliphatic hydroxyl groups is 1. The number of H-pyrrole nitrogens is 1. The van der Waals surface area contributed by atoms with Crippen LogP contribution >= 0.6 is 0 Å². The molecule has 0 saturated carbocycles. The molecule has 100 valence electrons. The molecule has 18 heavy (non-hydrogen) atoms. The smallest absolute Gasteiger partial charge is 0.330 e. The molecule has 2 rings (SSSR count). The van der Waals surface area contributed by atoms with Crippen LogP contribution < -0.4 is 16.6 Å². The van der Waals surface area contributed by atoms with Crippen LogP contribution in [0.1, 0.15) is 18.2 Å². The van der Waals surface area contributed by atoms with Crippen molar-refractivity contribution in [3.8, 4) is 0 Å². The van der Waals surface area contributed by atoms with Crippen LogP contribution in [-0.4, -0.2) is 40.5 Å². The van der Waals surface area contributed by atoms with Crippen molar-refractivity contribution in [1.29, 1.82) is 0 Å². The van der Waals surface area contributed by atoms with E-state index in [1.807, 2.05) is 0 Å². The zero-order valence-electron chi connectivity index (χ0n) is 10.3. The van der Waals surface area contributed by atoms with Gasteiger partial charge in [0.2, 0.25) is 0 Å². The summed E-state index contributed by atoms with van der Waals surface area (Å²) in [6.45, 7) is 1.52. The van der Waals surface area contributed by atoms with Gasteiger partial charge in [0.25, 0.3) is 5.56 Å². The molecule has 7 heteroatoms. The molecule has 0 aromatic carbocycles. The van der Waals surface area contributed by atoms with Gasteiger partial charge in [0.15, 0.2) is 0 Å². The lowest BCUT2D eigenvalue weighted by Gasteiger charge is -2.15. The molecule has 0 spiro atoms. The average Bonchev–Trinajstić information content (AvgIpc) is 2.76. The molecule has 7 nitrogen and oxygen atoms in total. The van der Waals surface area contributed by atoms with Crippen LogP contribution in [0.15, 0.2) is 15.8 Å². The van der Waals surface area contributed by atoms with Gasteiger partial charge in [-0.1, -0.05) is 0 Å². The Morgan fingerprint density at radius 1 is 1.61 bits per heavy atom. The normalized spacial score (nSPS) is 27.6. The Bertz CT molecular complexity index is 524. The summed E-state index contributed by atoms with van der Waals surface area (Å²) in [6.07, 6.45) is 1.23. The van der Waals surface area contributed by atoms with E-state index in [-0.39, 0.29) is 18.8 Å². The molecule has 1 aliphatic heterocycles. The molecule has 0 amide bonds. The summed E-state index contributed by atoms with van der Waals surface area (Å²) >= 11 is 0. The molecule has 0 unspecified atom stereocenters. The fraction of sp³-hybridized carbons (Fsp3) is 0.636. The monoisotopic (exact) mass is 255 g/mol. The van der Waals surface area contributed by atoms with E-state index in [4.69, 9.17) is 4.74 Å². The summed E-state index contributed by atoms with van der Waals surface area (Å²) in [5.74, 6) is 0. The van der Waals surface area contributed by atoms with Gasteiger partial charge in [0, 0.05) is 24.2 Å². The average molecular weight is 255 g/mol. The number of aliphatic hydroxyl groups excluding tert-OH is 1. The van der Waals surface area contributed by atoms with E-state index in [9.17, 15) is 14.7 Å². The van der Waals surface area contributed by atoms with Crippen LogP contribution in [0.25, 0.3) is 0 Å². The van der Waals surface area contributed by atoms with E-state index in [0.717, 1.165) is 0 Å². The molecule has 3 N–H and O–H groups in total. The van der Waals surface area contributed by atoms with Crippen molar-refractivity contribution in [3.05, 3.63) is 32.6 Å². The molecule has 1 aromatic rings. The Kier molecular flexibility index (Phi) is 3.65. The maximum absolute atomic E-state index is 11.7. The van der Waals surface area contributed by atoms with Gasteiger partial charge in [0.05, 0.1) is 12.7 Å². The third-order valence-corrected chi connectivity index (χ3v) is 3.24. The predicted molar refractivity (Wildman–Crippen MR) is 64.5 cm³/mol. The fourth-order valence-electron chi connectivity index (χ4n) is 2.17. The van der Waals surface area contributed by atoms with E-state index in [1.165, 1.54) is 10.8 Å². The van der Waals surface area contributed by atoms with Crippen molar-refractivity contribution < 1.29 is 9.84 Å². The number of nitrogens with zero attached hydrogens (tertiary/aromatic N) is 1. The Morgan fingerprint density at radius 2 is 2.33 bits per heavy atom. The molecule has 1 saturated heterocycles. The third-order valence-electron chi connectivity index (χ3n) is 3.24. The van der Waals surface area contributed by atoms with Crippen molar-refractivity contribution in [1.82, 2.24) is 14.9 Å². The fourth-order valence-corrected chi connectivity index (χ4v) is 2.17. The maximum atomic E-state index is 11.7. The zero-order chi connectivity index (χ0) is 13.3. The first kappa shape index (κ1) is 13.0. The van der Waals surface area contributed by atoms with Gasteiger partial charge in [-0.3, -0.25) is 14.3 Å². The number of aromatic nitrogens is 2. The van der Waals surface area contributed by atoms with E-state index in [0.29, 0.717) is 12.0 Å². The number of nitrogens with one attached hydrogen (secondary N) is 2. The number of aromatic amines is 1. The van der Waals surface area contributed by atoms with Crippen molar-refractivity contribution in [2.75, 3.05) is 13.7 Å². The highest BCUT2D eigenvalue weighted by Gasteiger charge is 2.35. The Hall–Kier alpha value is -1.44. The summed E-state index contributed by atoms with van der Waals surface area (Å²) in [6, 6.07) is -0.0147. The molecular formula is C11H17N3O4. The van der Waals surface area contributed by atoms with Gasteiger partial charge < -0.3 is 15.2 Å². The van der Waals surface area contributed by atoms with Crippen LogP contribution in [0.2, 0.25) is 0 Å². The quantitative estimate of drug-likeness (QED) is 0.624. The third kappa shape index (κ3) is 2.24. The van der Waals surface area contributed by atoms with Crippen molar-refractivity contribution in [3.63, 3.8) is 0 Å². The van der Waals surface area contributed by atoms with Crippen LogP contribution in [0.3, 0.4) is 0 Å². The van der Waals surface area contributed by atoms with E-state index >= 15 is 0 Å². The molecule has 1 aromatic heterocycles. The second-order valence-corrected chi connectivity index (χ2v) is 4.42. The number of rotatable bonds is 3. The molecule has 0 bridgehead atoms. The van der Waals surface area contributed by atoms with Crippen LogP contribution in [0.5, 0.6) is 0 Å². The summed E-state index contributed by atoms with van der Waals surface area (Å²) < 4.78 is 6.96. The second kappa shape index (κ2) is 5.05. The lowest BCUT2D eigenvalue weighted by atomic mass is 10.1. The molecule has 0 radical (unpaired) electrons. The Morgan fingerprint density at radius 3 is 2.89 bits per heavy atom. The largest absolute Gasteiger partial charge is 0.394 e. The van der Waals surface area contributed by atoms with Gasteiger partial charge >= 0.3 is 5.69 Å². The molecule has 2 heterocycles. The Balaban J connectivity index is 2.31. The number of likely N-dealkylation sites (N-methyl/N-ethyl adjacent to an activating group) is 1. The van der Waals surface area contributed by atoms with Crippen LogP contribution in [-0.2, 0) is 4.74 Å². The van der Waals surface area contributed by atoms with Gasteiger partial charge in [-0.2, -0.15) is 0 Å². The first-order valence-electron chi connectivity index (χ1n) is 5.82. The highest BCUT2D eigenvalue weighted by molar-refractivity contribution is 5.02. The summed E-state index contributed by atoms with van der Waals surface area (Å²) in [5.41, 5.74) is -0.436. The number of ether oxygens (including phenoxy) is 1. The van der Waals surface area contributed by atoms with Crippen LogP contribution in [0, 0.1) is 6.92 Å². The summed E-state index contributed by atoms with van der Waals surface area (Å²) in [7, 11) is 1.78. The standard InChI is InChI=1S/C11H17N3O4/c1-6-4-14(11(17)13-10(6)16)9-3-7(12-2)8(5-15)18-9/h4,7-9,12,15H,3,5H2,1-2H3,(H,13,16,17)/t7-,8+,9-/m1/s1. The highest BCUT2D eigenvalue weighted by Crippen LogP contribution is 2.27. The maximum Gasteiger partial charge on any atom is 0.330 e. The molecule has 0 aliphatic carbocycles. The van der Waals surface area contributed by atoms with E-state index in [1.54, 1.807) is 14.0 Å². The molecule has 3 atom stereocenters. The van der Waals surface area contributed by atoms with Crippen molar-refractivity contribution >= 4 is 0 Å². The number of hydrogen-bond acceptors (Lipinski definition) is 5. The number of hydrogen-bond donors (Lipinski definition) is 3. The first-order chi connectivity index (χ1) is 8.56. The lowest BCUT2D eigenvalue weighted by Crippen LogP contribution is -2.35.